The summed E-state index contributed by atoms with van der Waals surface area (Å²) >= 11 is 0. The number of hydrogen-bond donors (Lipinski definition) is 2. The Morgan fingerprint density at radius 2 is 1.78 bits per heavy atom. The molecule has 2 atom stereocenters. The van der Waals surface area contributed by atoms with Gasteiger partial charge in [-0.05, 0) is 37.8 Å². The van der Waals surface area contributed by atoms with Gasteiger partial charge in [-0.2, -0.15) is 4.31 Å². The highest BCUT2D eigenvalue weighted by Gasteiger charge is 2.37. The van der Waals surface area contributed by atoms with Crippen LogP contribution in [0.5, 0.6) is 0 Å². The number of rotatable bonds is 5. The van der Waals surface area contributed by atoms with Crippen LogP contribution in [0.2, 0.25) is 0 Å². The van der Waals surface area contributed by atoms with Crippen LogP contribution in [0.3, 0.4) is 0 Å². The third-order valence-electron chi connectivity index (χ3n) is 5.44. The molecule has 9 heteroatoms. The van der Waals surface area contributed by atoms with Gasteiger partial charge < -0.3 is 10.4 Å². The lowest BCUT2D eigenvalue weighted by Crippen LogP contribution is -2.47. The molecule has 1 aliphatic carbocycles. The van der Waals surface area contributed by atoms with Gasteiger partial charge in [0.2, 0.25) is 15.9 Å². The number of nitrogens with zero attached hydrogens (tertiary/aromatic N) is 1. The Labute approximate surface area is 157 Å². The summed E-state index contributed by atoms with van der Waals surface area (Å²) in [5, 5.41) is 12.0. The Morgan fingerprint density at radius 3 is 2.41 bits per heavy atom. The minimum absolute atomic E-state index is 0.127. The molecule has 1 aromatic rings. The molecule has 0 aromatic heterocycles. The van der Waals surface area contributed by atoms with Gasteiger partial charge in [-0.1, -0.05) is 18.6 Å². The molecule has 7 nitrogen and oxygen atoms in total. The summed E-state index contributed by atoms with van der Waals surface area (Å²) in [6.07, 6.45) is 2.61. The lowest BCUT2D eigenvalue weighted by Gasteiger charge is -2.31. The molecule has 0 bridgehead atoms. The van der Waals surface area contributed by atoms with Crippen molar-refractivity contribution >= 4 is 21.9 Å². The molecule has 0 unspecified atom stereocenters. The van der Waals surface area contributed by atoms with Crippen molar-refractivity contribution in [1.29, 1.82) is 0 Å². The average Bonchev–Trinajstić information content (AvgIpc) is 3.10. The van der Waals surface area contributed by atoms with Crippen molar-refractivity contribution < 1.29 is 27.5 Å². The van der Waals surface area contributed by atoms with E-state index in [-0.39, 0.29) is 35.9 Å². The van der Waals surface area contributed by atoms with E-state index < -0.39 is 27.7 Å². The molecule has 1 saturated heterocycles. The predicted octanol–water partition coefficient (Wildman–Crippen LogP) is 1.60. The summed E-state index contributed by atoms with van der Waals surface area (Å²) in [4.78, 5) is 23.3. The van der Waals surface area contributed by atoms with Gasteiger partial charge >= 0.3 is 5.97 Å². The van der Waals surface area contributed by atoms with Crippen LogP contribution in [0.25, 0.3) is 0 Å². The molecular weight excluding hydrogens is 375 g/mol. The fourth-order valence-electron chi connectivity index (χ4n) is 3.88. The topological polar surface area (TPSA) is 104 Å². The Balaban J connectivity index is 1.59. The summed E-state index contributed by atoms with van der Waals surface area (Å²) in [5.41, 5.74) is 0. The van der Waals surface area contributed by atoms with E-state index >= 15 is 0 Å². The van der Waals surface area contributed by atoms with Crippen molar-refractivity contribution in [3.05, 3.63) is 30.1 Å². The molecule has 1 amide bonds. The third kappa shape index (κ3) is 4.14. The number of aliphatic carboxylic acids is 1. The first-order chi connectivity index (χ1) is 12.8. The molecule has 27 heavy (non-hydrogen) atoms. The van der Waals surface area contributed by atoms with E-state index in [2.05, 4.69) is 5.32 Å². The van der Waals surface area contributed by atoms with Crippen LogP contribution >= 0.6 is 0 Å². The number of benzene rings is 1. The van der Waals surface area contributed by atoms with Crippen molar-refractivity contribution in [3.8, 4) is 0 Å². The van der Waals surface area contributed by atoms with Crippen molar-refractivity contribution in [2.45, 2.75) is 43.0 Å². The number of carboxylic acid groups (broad SMARTS) is 1. The van der Waals surface area contributed by atoms with Gasteiger partial charge in [0.1, 0.15) is 10.7 Å². The van der Waals surface area contributed by atoms with E-state index in [4.69, 9.17) is 0 Å². The average molecular weight is 398 g/mol. The Bertz CT molecular complexity index is 821. The number of amides is 1. The van der Waals surface area contributed by atoms with Crippen LogP contribution in [0.1, 0.15) is 32.1 Å². The summed E-state index contributed by atoms with van der Waals surface area (Å²) < 4.78 is 40.3. The molecule has 2 N–H and O–H groups in total. The fraction of sp³-hybridized carbons (Fsp3) is 0.556. The Kier molecular flexibility index (Phi) is 5.81. The van der Waals surface area contributed by atoms with Crippen LogP contribution in [-0.4, -0.2) is 48.8 Å². The van der Waals surface area contributed by atoms with Gasteiger partial charge in [0.15, 0.2) is 0 Å². The molecule has 148 valence electrons. The number of nitrogens with one attached hydrogen (secondary N) is 1. The highest BCUT2D eigenvalue weighted by atomic mass is 32.2. The monoisotopic (exact) mass is 398 g/mol. The van der Waals surface area contributed by atoms with E-state index in [0.29, 0.717) is 25.7 Å². The molecule has 1 saturated carbocycles. The van der Waals surface area contributed by atoms with Crippen molar-refractivity contribution in [2.24, 2.45) is 11.8 Å². The zero-order valence-electron chi connectivity index (χ0n) is 14.8. The minimum atomic E-state index is -3.94. The van der Waals surface area contributed by atoms with E-state index in [1.165, 1.54) is 22.5 Å². The van der Waals surface area contributed by atoms with Crippen molar-refractivity contribution in [3.63, 3.8) is 0 Å². The quantitative estimate of drug-likeness (QED) is 0.784. The number of sulfonamides is 1. The summed E-state index contributed by atoms with van der Waals surface area (Å²) in [7, 11) is -3.94. The van der Waals surface area contributed by atoms with E-state index in [1.807, 2.05) is 0 Å². The number of carbonyl (C=O) groups is 2. The maximum atomic E-state index is 13.9. The first-order valence-corrected chi connectivity index (χ1v) is 10.5. The van der Waals surface area contributed by atoms with Gasteiger partial charge in [0, 0.05) is 25.0 Å². The molecule has 1 aromatic carbocycles. The zero-order valence-corrected chi connectivity index (χ0v) is 15.6. The number of hydrogen-bond acceptors (Lipinski definition) is 4. The first-order valence-electron chi connectivity index (χ1n) is 9.08. The zero-order chi connectivity index (χ0) is 19.6. The largest absolute Gasteiger partial charge is 0.481 e. The Morgan fingerprint density at radius 1 is 1.11 bits per heavy atom. The highest BCUT2D eigenvalue weighted by Crippen LogP contribution is 2.28. The minimum Gasteiger partial charge on any atom is -0.481 e. The van der Waals surface area contributed by atoms with Crippen LogP contribution < -0.4 is 5.32 Å². The van der Waals surface area contributed by atoms with Gasteiger partial charge in [-0.3, -0.25) is 9.59 Å². The molecule has 2 aliphatic rings. The van der Waals surface area contributed by atoms with Crippen LogP contribution in [0.15, 0.2) is 29.2 Å². The smallest absolute Gasteiger partial charge is 0.308 e. The molecule has 2 fully saturated rings. The fourth-order valence-corrected chi connectivity index (χ4v) is 5.42. The molecular formula is C18H23FN2O5S. The molecule has 1 heterocycles. The van der Waals surface area contributed by atoms with E-state index in [9.17, 15) is 27.5 Å². The second-order valence-corrected chi connectivity index (χ2v) is 9.01. The first kappa shape index (κ1) is 19.8. The molecule has 1 aliphatic heterocycles. The van der Waals surface area contributed by atoms with E-state index in [1.54, 1.807) is 0 Å². The number of carboxylic acids is 1. The predicted molar refractivity (Wildman–Crippen MR) is 94.8 cm³/mol. The van der Waals surface area contributed by atoms with Gasteiger partial charge in [0.25, 0.3) is 0 Å². The standard InChI is InChI=1S/C18H23FN2O5S/c19-14-5-1-2-7-16(14)27(25,26)21-10-8-12(9-11-21)17(22)20-15-6-3-4-13(15)18(23)24/h1-2,5,7,12-13,15H,3-4,6,8-11H2,(H,20,22)(H,23,24)/t13-,15+/m1/s1. The third-order valence-corrected chi connectivity index (χ3v) is 7.37. The van der Waals surface area contributed by atoms with Crippen LogP contribution in [0.4, 0.5) is 4.39 Å². The van der Waals surface area contributed by atoms with E-state index in [0.717, 1.165) is 12.5 Å². The normalized spacial score (nSPS) is 24.6. The number of carbonyl (C=O) groups excluding carboxylic acids is 1. The maximum Gasteiger partial charge on any atom is 0.308 e. The van der Waals surface area contributed by atoms with Crippen LogP contribution in [0, 0.1) is 17.7 Å². The van der Waals surface area contributed by atoms with Crippen molar-refractivity contribution in [1.82, 2.24) is 9.62 Å². The second-order valence-electron chi connectivity index (χ2n) is 7.10. The summed E-state index contributed by atoms with van der Waals surface area (Å²) in [6, 6.07) is 4.87. The SMILES string of the molecule is O=C(N[C@H]1CCC[C@H]1C(=O)O)C1CCN(S(=O)(=O)c2ccccc2F)CC1. The lowest BCUT2D eigenvalue weighted by molar-refractivity contribution is -0.142. The summed E-state index contributed by atoms with van der Waals surface area (Å²) in [5.74, 6) is -2.85. The van der Waals surface area contributed by atoms with Gasteiger partial charge in [-0.25, -0.2) is 12.8 Å². The van der Waals surface area contributed by atoms with Crippen LogP contribution in [-0.2, 0) is 19.6 Å². The molecule has 0 spiro atoms. The summed E-state index contributed by atoms with van der Waals surface area (Å²) in [6.45, 7) is 0.254. The number of halogens is 1. The molecule has 3 rings (SSSR count). The Hall–Kier alpha value is -2.00. The molecule has 0 radical (unpaired) electrons. The second kappa shape index (κ2) is 7.93. The lowest BCUT2D eigenvalue weighted by atomic mass is 9.95. The van der Waals surface area contributed by atoms with Gasteiger partial charge in [-0.15, -0.1) is 0 Å². The van der Waals surface area contributed by atoms with Gasteiger partial charge in [0.05, 0.1) is 5.92 Å². The highest BCUT2D eigenvalue weighted by molar-refractivity contribution is 7.89. The maximum absolute atomic E-state index is 13.9. The number of piperidine rings is 1. The van der Waals surface area contributed by atoms with Crippen molar-refractivity contribution in [2.75, 3.05) is 13.1 Å².